The maximum atomic E-state index is 13.5. The second kappa shape index (κ2) is 5.06. The molecule has 0 saturated heterocycles. The number of aliphatic imine (C=N–C) groups is 3. The summed E-state index contributed by atoms with van der Waals surface area (Å²) in [6.45, 7) is 4.38. The zero-order chi connectivity index (χ0) is 16.2. The van der Waals surface area contributed by atoms with Gasteiger partial charge in [-0.3, -0.25) is 0 Å². The lowest BCUT2D eigenvalue weighted by Gasteiger charge is -2.26. The predicted molar refractivity (Wildman–Crippen MR) is 94.8 cm³/mol. The van der Waals surface area contributed by atoms with Gasteiger partial charge in [0, 0.05) is 5.56 Å². The first-order valence-corrected chi connectivity index (χ1v) is 8.39. The minimum absolute atomic E-state index is 0.289. The van der Waals surface area contributed by atoms with Gasteiger partial charge in [-0.25, -0.2) is 19.4 Å². The second-order valence-electron chi connectivity index (χ2n) is 6.31. The minimum atomic E-state index is -0.582. The first-order valence-electron chi connectivity index (χ1n) is 7.59. The normalized spacial score (nSPS) is 27.7. The highest BCUT2D eigenvalue weighted by molar-refractivity contribution is 9.10. The fourth-order valence-electron chi connectivity index (χ4n) is 3.14. The molecule has 0 saturated carbocycles. The third kappa shape index (κ3) is 2.10. The summed E-state index contributed by atoms with van der Waals surface area (Å²) in [4.78, 5) is 13.8. The van der Waals surface area contributed by atoms with Crippen molar-refractivity contribution in [3.8, 4) is 0 Å². The lowest BCUT2D eigenvalue weighted by atomic mass is 9.80. The van der Waals surface area contributed by atoms with Gasteiger partial charge >= 0.3 is 0 Å². The van der Waals surface area contributed by atoms with Crippen LogP contribution in [0.4, 0.5) is 4.39 Å². The molecule has 1 aromatic carbocycles. The van der Waals surface area contributed by atoms with E-state index >= 15 is 0 Å². The quantitative estimate of drug-likeness (QED) is 0.693. The summed E-state index contributed by atoms with van der Waals surface area (Å²) in [7, 11) is 0. The van der Waals surface area contributed by atoms with Crippen molar-refractivity contribution >= 4 is 33.7 Å². The maximum absolute atomic E-state index is 13.5. The Hall–Kier alpha value is -1.88. The van der Waals surface area contributed by atoms with Crippen LogP contribution in [-0.4, -0.2) is 23.3 Å². The summed E-state index contributed by atoms with van der Waals surface area (Å²) in [5.41, 5.74) is 2.76. The number of benzene rings is 1. The predicted octanol–water partition coefficient (Wildman–Crippen LogP) is 4.34. The van der Waals surface area contributed by atoms with E-state index in [0.717, 1.165) is 22.7 Å². The summed E-state index contributed by atoms with van der Waals surface area (Å²) >= 11 is 3.24. The lowest BCUT2D eigenvalue weighted by molar-refractivity contribution is 0.533. The first kappa shape index (κ1) is 14.7. The van der Waals surface area contributed by atoms with Gasteiger partial charge in [-0.05, 0) is 52.0 Å². The number of halogens is 2. The molecular weight excluding hydrogens is 357 g/mol. The van der Waals surface area contributed by atoms with Crippen LogP contribution in [-0.2, 0) is 0 Å². The highest BCUT2D eigenvalue weighted by atomic mass is 79.9. The monoisotopic (exact) mass is 371 g/mol. The van der Waals surface area contributed by atoms with Crippen LogP contribution in [0.2, 0.25) is 0 Å². The molecule has 0 N–H and O–H groups in total. The van der Waals surface area contributed by atoms with Crippen LogP contribution in [0.25, 0.3) is 0 Å². The Kier molecular flexibility index (Phi) is 3.23. The van der Waals surface area contributed by atoms with Gasteiger partial charge < -0.3 is 0 Å². The van der Waals surface area contributed by atoms with E-state index in [1.54, 1.807) is 18.5 Å². The number of nitrogens with zero attached hydrogens (tertiary/aromatic N) is 3. The Bertz CT molecular complexity index is 848. The standard InChI is InChI=1S/C18H15BrFN3/c1-10(2)11-5-6-18-15(8-11)23-16(17(18)21-9-22-18)12-3-4-14(20)13(19)7-12/h3-11H,1-2H3. The molecule has 1 spiro atoms. The molecule has 1 aromatic rings. The number of hydrogen-bond acceptors (Lipinski definition) is 3. The van der Waals surface area contributed by atoms with Crippen molar-refractivity contribution in [1.29, 1.82) is 0 Å². The van der Waals surface area contributed by atoms with Gasteiger partial charge in [0.2, 0.25) is 0 Å². The summed E-state index contributed by atoms with van der Waals surface area (Å²) in [6.07, 6.45) is 8.06. The molecule has 3 aliphatic rings. The molecule has 116 valence electrons. The zero-order valence-corrected chi connectivity index (χ0v) is 14.4. The molecule has 0 aromatic heterocycles. The van der Waals surface area contributed by atoms with Gasteiger partial charge in [0.15, 0.2) is 5.54 Å². The van der Waals surface area contributed by atoms with Crippen LogP contribution in [0.5, 0.6) is 0 Å². The van der Waals surface area contributed by atoms with Crippen LogP contribution in [0.1, 0.15) is 19.4 Å². The summed E-state index contributed by atoms with van der Waals surface area (Å²) in [6, 6.07) is 4.91. The summed E-state index contributed by atoms with van der Waals surface area (Å²) in [5, 5.41) is 0. The Morgan fingerprint density at radius 1 is 1.30 bits per heavy atom. The number of hydrogen-bond donors (Lipinski definition) is 0. The SMILES string of the molecule is CC(C)C1C=CC23N=CN=C2C(c2ccc(F)c(Br)c2)=NC3=C1. The maximum Gasteiger partial charge on any atom is 0.166 e. The Morgan fingerprint density at radius 2 is 2.13 bits per heavy atom. The molecule has 2 aliphatic heterocycles. The van der Waals surface area contributed by atoms with E-state index in [1.165, 1.54) is 6.07 Å². The Balaban J connectivity index is 1.84. The van der Waals surface area contributed by atoms with E-state index in [4.69, 9.17) is 4.99 Å². The second-order valence-corrected chi connectivity index (χ2v) is 7.16. The van der Waals surface area contributed by atoms with Crippen molar-refractivity contribution in [1.82, 2.24) is 0 Å². The van der Waals surface area contributed by atoms with Gasteiger partial charge in [0.05, 0.1) is 15.9 Å². The zero-order valence-electron chi connectivity index (χ0n) is 12.8. The van der Waals surface area contributed by atoms with Crippen molar-refractivity contribution in [2.24, 2.45) is 26.8 Å². The highest BCUT2D eigenvalue weighted by Gasteiger charge is 2.48. The van der Waals surface area contributed by atoms with Crippen molar-refractivity contribution in [2.75, 3.05) is 0 Å². The molecule has 0 radical (unpaired) electrons. The molecule has 2 unspecified atom stereocenters. The molecule has 0 bridgehead atoms. The van der Waals surface area contributed by atoms with Crippen molar-refractivity contribution in [2.45, 2.75) is 19.4 Å². The third-order valence-corrected chi connectivity index (χ3v) is 5.14. The molecule has 5 heteroatoms. The number of allylic oxidation sites excluding steroid dienone is 2. The smallest absolute Gasteiger partial charge is 0.166 e. The number of rotatable bonds is 2. The van der Waals surface area contributed by atoms with E-state index in [2.05, 4.69) is 58.0 Å². The molecule has 3 nitrogen and oxygen atoms in total. The van der Waals surface area contributed by atoms with Gasteiger partial charge in [-0.15, -0.1) is 0 Å². The lowest BCUT2D eigenvalue weighted by Crippen LogP contribution is -2.35. The van der Waals surface area contributed by atoms with Crippen LogP contribution < -0.4 is 0 Å². The molecule has 1 aliphatic carbocycles. The minimum Gasteiger partial charge on any atom is -0.250 e. The van der Waals surface area contributed by atoms with Crippen LogP contribution in [0.15, 0.2) is 61.6 Å². The molecule has 0 amide bonds. The first-order chi connectivity index (χ1) is 11.0. The molecule has 4 rings (SSSR count). The van der Waals surface area contributed by atoms with E-state index in [0.29, 0.717) is 16.3 Å². The van der Waals surface area contributed by atoms with Crippen LogP contribution >= 0.6 is 15.9 Å². The van der Waals surface area contributed by atoms with Crippen LogP contribution in [0, 0.1) is 17.7 Å². The molecule has 2 heterocycles. The Labute approximate surface area is 142 Å². The average molecular weight is 372 g/mol. The highest BCUT2D eigenvalue weighted by Crippen LogP contribution is 2.42. The van der Waals surface area contributed by atoms with Gasteiger partial charge in [0.25, 0.3) is 0 Å². The molecule has 2 atom stereocenters. The summed E-state index contributed by atoms with van der Waals surface area (Å²) in [5.74, 6) is 0.555. The fourth-order valence-corrected chi connectivity index (χ4v) is 3.52. The summed E-state index contributed by atoms with van der Waals surface area (Å²) < 4.78 is 13.9. The van der Waals surface area contributed by atoms with Gasteiger partial charge in [0.1, 0.15) is 17.9 Å². The van der Waals surface area contributed by atoms with E-state index in [9.17, 15) is 4.39 Å². The third-order valence-electron chi connectivity index (χ3n) is 4.53. The Morgan fingerprint density at radius 3 is 2.87 bits per heavy atom. The van der Waals surface area contributed by atoms with Crippen molar-refractivity contribution < 1.29 is 4.39 Å². The topological polar surface area (TPSA) is 37.1 Å². The average Bonchev–Trinajstić information content (AvgIpc) is 3.05. The van der Waals surface area contributed by atoms with E-state index in [-0.39, 0.29) is 5.82 Å². The van der Waals surface area contributed by atoms with Crippen LogP contribution in [0.3, 0.4) is 0 Å². The van der Waals surface area contributed by atoms with Gasteiger partial charge in [-0.2, -0.15) is 0 Å². The molecular formula is C18H15BrFN3. The van der Waals surface area contributed by atoms with Gasteiger partial charge in [-0.1, -0.05) is 26.0 Å². The van der Waals surface area contributed by atoms with Crippen molar-refractivity contribution in [3.05, 3.63) is 58.0 Å². The molecule has 0 fully saturated rings. The van der Waals surface area contributed by atoms with E-state index < -0.39 is 5.54 Å². The largest absolute Gasteiger partial charge is 0.250 e. The fraction of sp³-hybridized carbons (Fsp3) is 0.278. The van der Waals surface area contributed by atoms with E-state index in [1.807, 2.05) is 0 Å². The van der Waals surface area contributed by atoms with Crippen molar-refractivity contribution in [3.63, 3.8) is 0 Å². The molecule has 23 heavy (non-hydrogen) atoms.